The van der Waals surface area contributed by atoms with Gasteiger partial charge in [-0.25, -0.2) is 9.97 Å². The minimum Gasteiger partial charge on any atom is -0.369 e. The molecule has 0 aromatic carbocycles. The zero-order chi connectivity index (χ0) is 10.1. The van der Waals surface area contributed by atoms with Crippen LogP contribution in [-0.4, -0.2) is 14.5 Å². The average molecular weight is 208 g/mol. The highest BCUT2D eigenvalue weighted by Gasteiger charge is 2.05. The third kappa shape index (κ3) is 1.63. The third-order valence-corrected chi connectivity index (χ3v) is 2.97. The summed E-state index contributed by atoms with van der Waals surface area (Å²) < 4.78 is 1.98. The summed E-state index contributed by atoms with van der Waals surface area (Å²) in [6.07, 6.45) is 3.67. The molecule has 2 aromatic rings. The van der Waals surface area contributed by atoms with Crippen LogP contribution in [0, 0.1) is 13.8 Å². The molecule has 0 spiro atoms. The molecule has 0 amide bonds. The fourth-order valence-electron chi connectivity index (χ4n) is 1.32. The van der Waals surface area contributed by atoms with Crippen LogP contribution >= 0.6 is 11.3 Å². The first-order valence-corrected chi connectivity index (χ1v) is 5.17. The number of nitrogens with two attached hydrogens (primary N) is 1. The van der Waals surface area contributed by atoms with Crippen molar-refractivity contribution < 1.29 is 0 Å². The number of hydrogen-bond donors (Lipinski definition) is 1. The molecule has 0 fully saturated rings. The van der Waals surface area contributed by atoms with E-state index < -0.39 is 0 Å². The Kier molecular flexibility index (Phi) is 2.25. The van der Waals surface area contributed by atoms with E-state index in [0.717, 1.165) is 17.2 Å². The Balaban J connectivity index is 2.26. The molecule has 0 saturated carbocycles. The number of aromatic nitrogens is 3. The maximum atomic E-state index is 5.73. The molecule has 0 saturated heterocycles. The van der Waals surface area contributed by atoms with Crippen molar-refractivity contribution in [1.82, 2.24) is 14.5 Å². The molecule has 0 atom stereocenters. The zero-order valence-electron chi connectivity index (χ0n) is 8.19. The molecule has 2 aromatic heterocycles. The van der Waals surface area contributed by atoms with Gasteiger partial charge in [0, 0.05) is 16.8 Å². The van der Waals surface area contributed by atoms with Crippen molar-refractivity contribution >= 4 is 17.3 Å². The second kappa shape index (κ2) is 3.42. The fourth-order valence-corrected chi connectivity index (χ4v) is 2.10. The van der Waals surface area contributed by atoms with Crippen LogP contribution in [0.1, 0.15) is 15.6 Å². The summed E-state index contributed by atoms with van der Waals surface area (Å²) >= 11 is 1.69. The molecular formula is C9H12N4S. The van der Waals surface area contributed by atoms with Crippen molar-refractivity contribution in [1.29, 1.82) is 0 Å². The number of anilines is 1. The maximum absolute atomic E-state index is 5.73. The van der Waals surface area contributed by atoms with E-state index in [4.69, 9.17) is 5.73 Å². The van der Waals surface area contributed by atoms with Gasteiger partial charge in [-0.1, -0.05) is 0 Å². The molecule has 2 N–H and O–H groups in total. The van der Waals surface area contributed by atoms with E-state index in [2.05, 4.69) is 9.97 Å². The number of nitrogen functional groups attached to an aromatic ring is 1. The van der Waals surface area contributed by atoms with Crippen LogP contribution in [0.5, 0.6) is 0 Å². The second-order valence-corrected chi connectivity index (χ2v) is 4.51. The number of rotatable bonds is 2. The second-order valence-electron chi connectivity index (χ2n) is 3.19. The van der Waals surface area contributed by atoms with Gasteiger partial charge in [0.25, 0.3) is 0 Å². The van der Waals surface area contributed by atoms with Gasteiger partial charge in [-0.15, -0.1) is 11.3 Å². The van der Waals surface area contributed by atoms with Gasteiger partial charge in [-0.2, -0.15) is 0 Å². The highest BCUT2D eigenvalue weighted by molar-refractivity contribution is 7.11. The molecule has 0 radical (unpaired) electrons. The number of thiazole rings is 1. The Morgan fingerprint density at radius 2 is 2.14 bits per heavy atom. The predicted octanol–water partition coefficient (Wildman–Crippen LogP) is 1.59. The molecule has 0 bridgehead atoms. The number of hydrogen-bond acceptors (Lipinski definition) is 4. The Hall–Kier alpha value is -1.36. The first kappa shape index (κ1) is 9.21. The minimum atomic E-state index is 0.563. The Morgan fingerprint density at radius 3 is 2.64 bits per heavy atom. The van der Waals surface area contributed by atoms with Crippen molar-refractivity contribution in [3.05, 3.63) is 28.0 Å². The van der Waals surface area contributed by atoms with Crippen LogP contribution in [0.25, 0.3) is 0 Å². The van der Waals surface area contributed by atoms with E-state index in [1.165, 1.54) is 4.88 Å². The summed E-state index contributed by atoms with van der Waals surface area (Å²) in [6, 6.07) is 0. The molecule has 0 aliphatic rings. The van der Waals surface area contributed by atoms with Gasteiger partial charge >= 0.3 is 0 Å². The monoisotopic (exact) mass is 208 g/mol. The first-order valence-electron chi connectivity index (χ1n) is 4.35. The zero-order valence-corrected chi connectivity index (χ0v) is 9.01. The third-order valence-electron chi connectivity index (χ3n) is 2.07. The molecule has 0 aliphatic carbocycles. The van der Waals surface area contributed by atoms with Crippen LogP contribution in [-0.2, 0) is 6.54 Å². The highest BCUT2D eigenvalue weighted by atomic mass is 32.1. The Labute approximate surface area is 86.4 Å². The minimum absolute atomic E-state index is 0.563. The Morgan fingerprint density at radius 1 is 1.36 bits per heavy atom. The fraction of sp³-hybridized carbons (Fsp3) is 0.333. The van der Waals surface area contributed by atoms with Gasteiger partial charge in [-0.05, 0) is 13.8 Å². The van der Waals surface area contributed by atoms with Gasteiger partial charge < -0.3 is 10.3 Å². The van der Waals surface area contributed by atoms with Crippen molar-refractivity contribution in [3.8, 4) is 0 Å². The number of nitrogens with zero attached hydrogens (tertiary/aromatic N) is 3. The first-order chi connectivity index (χ1) is 6.66. The van der Waals surface area contributed by atoms with Crippen LogP contribution < -0.4 is 5.73 Å². The van der Waals surface area contributed by atoms with Gasteiger partial charge in [0.05, 0.1) is 17.7 Å². The summed E-state index contributed by atoms with van der Waals surface area (Å²) in [4.78, 5) is 9.45. The van der Waals surface area contributed by atoms with E-state index in [9.17, 15) is 0 Å². The van der Waals surface area contributed by atoms with E-state index in [-0.39, 0.29) is 0 Å². The summed E-state index contributed by atoms with van der Waals surface area (Å²) in [5.74, 6) is 0.563. The molecule has 2 rings (SSSR count). The molecular weight excluding hydrogens is 196 g/mol. The molecule has 14 heavy (non-hydrogen) atoms. The van der Waals surface area contributed by atoms with E-state index >= 15 is 0 Å². The van der Waals surface area contributed by atoms with Crippen molar-refractivity contribution in [2.75, 3.05) is 5.73 Å². The average Bonchev–Trinajstić information content (AvgIpc) is 2.67. The van der Waals surface area contributed by atoms with Gasteiger partial charge in [-0.3, -0.25) is 0 Å². The topological polar surface area (TPSA) is 56.7 Å². The molecule has 0 unspecified atom stereocenters. The summed E-state index contributed by atoms with van der Waals surface area (Å²) in [5, 5.41) is 1.08. The van der Waals surface area contributed by atoms with Crippen LogP contribution in [0.15, 0.2) is 12.4 Å². The van der Waals surface area contributed by atoms with E-state index in [1.54, 1.807) is 17.5 Å². The van der Waals surface area contributed by atoms with Crippen molar-refractivity contribution in [2.45, 2.75) is 20.4 Å². The van der Waals surface area contributed by atoms with E-state index in [0.29, 0.717) is 5.95 Å². The van der Waals surface area contributed by atoms with Crippen LogP contribution in [0.4, 0.5) is 5.95 Å². The van der Waals surface area contributed by atoms with Crippen LogP contribution in [0.2, 0.25) is 0 Å². The van der Waals surface area contributed by atoms with Crippen molar-refractivity contribution in [2.24, 2.45) is 0 Å². The van der Waals surface area contributed by atoms with Crippen molar-refractivity contribution in [3.63, 3.8) is 0 Å². The lowest BCUT2D eigenvalue weighted by Gasteiger charge is -2.04. The molecule has 5 heteroatoms. The summed E-state index contributed by atoms with van der Waals surface area (Å²) in [7, 11) is 0. The summed E-state index contributed by atoms with van der Waals surface area (Å²) in [6.45, 7) is 4.76. The molecule has 4 nitrogen and oxygen atoms in total. The number of aryl methyl sites for hydroxylation is 2. The smallest absolute Gasteiger partial charge is 0.200 e. The SMILES string of the molecule is Cc1ncc(Cn2c(C)cnc2N)s1. The van der Waals surface area contributed by atoms with Crippen LogP contribution in [0.3, 0.4) is 0 Å². The quantitative estimate of drug-likeness (QED) is 0.815. The lowest BCUT2D eigenvalue weighted by atomic mass is 10.5. The predicted molar refractivity (Wildman–Crippen MR) is 57.3 cm³/mol. The normalized spacial score (nSPS) is 10.7. The summed E-state index contributed by atoms with van der Waals surface area (Å²) in [5.41, 5.74) is 6.81. The number of imidazole rings is 1. The molecule has 2 heterocycles. The van der Waals surface area contributed by atoms with E-state index in [1.807, 2.05) is 24.6 Å². The van der Waals surface area contributed by atoms with Gasteiger partial charge in [0.2, 0.25) is 5.95 Å². The largest absolute Gasteiger partial charge is 0.369 e. The Bertz CT molecular complexity index is 424. The molecule has 74 valence electrons. The van der Waals surface area contributed by atoms with Gasteiger partial charge in [0.15, 0.2) is 0 Å². The maximum Gasteiger partial charge on any atom is 0.200 e. The standard InChI is InChI=1S/C9H12N4S/c1-6-3-12-9(10)13(6)5-8-4-11-7(2)14-8/h3-4H,5H2,1-2H3,(H2,10,12). The lowest BCUT2D eigenvalue weighted by molar-refractivity contribution is 0.792. The highest BCUT2D eigenvalue weighted by Crippen LogP contribution is 2.16. The van der Waals surface area contributed by atoms with Gasteiger partial charge in [0.1, 0.15) is 0 Å². The molecule has 0 aliphatic heterocycles. The lowest BCUT2D eigenvalue weighted by Crippen LogP contribution is -2.05.